The molecule has 2 aliphatic rings. The molecule has 0 atom stereocenters. The van der Waals surface area contributed by atoms with E-state index < -0.39 is 0 Å². The topological polar surface area (TPSA) is 24.4 Å². The number of hydrogen-bond acceptors (Lipinski definition) is 3. The molecular formula is C13H14BrClN2S. The van der Waals surface area contributed by atoms with Gasteiger partial charge in [0.15, 0.2) is 5.17 Å². The van der Waals surface area contributed by atoms with Crippen molar-refractivity contribution in [2.24, 2.45) is 4.99 Å². The quantitative estimate of drug-likeness (QED) is 0.780. The van der Waals surface area contributed by atoms with Crippen molar-refractivity contribution in [1.82, 2.24) is 0 Å². The Hall–Kier alpha value is -0.190. The summed E-state index contributed by atoms with van der Waals surface area (Å²) in [4.78, 5) is 4.89. The molecule has 0 amide bonds. The highest BCUT2D eigenvalue weighted by Gasteiger charge is 2.38. The molecule has 5 heteroatoms. The minimum atomic E-state index is 0.228. The van der Waals surface area contributed by atoms with E-state index in [1.165, 1.54) is 25.7 Å². The van der Waals surface area contributed by atoms with Gasteiger partial charge in [0.1, 0.15) is 0 Å². The van der Waals surface area contributed by atoms with Crippen LogP contribution in [-0.4, -0.2) is 16.5 Å². The molecular weight excluding hydrogens is 332 g/mol. The zero-order valence-electron chi connectivity index (χ0n) is 9.88. The summed E-state index contributed by atoms with van der Waals surface area (Å²) < 4.78 is 0.977. The Labute approximate surface area is 125 Å². The van der Waals surface area contributed by atoms with Gasteiger partial charge in [0.25, 0.3) is 0 Å². The van der Waals surface area contributed by atoms with Gasteiger partial charge in [0, 0.05) is 15.2 Å². The number of thioether (sulfide) groups is 1. The SMILES string of the molecule is Clc1ccc(NC2=NC3(CCCC3)CS2)c(Br)c1. The third-order valence-electron chi connectivity index (χ3n) is 3.52. The van der Waals surface area contributed by atoms with Gasteiger partial charge >= 0.3 is 0 Å². The minimum Gasteiger partial charge on any atom is -0.334 e. The van der Waals surface area contributed by atoms with Crippen LogP contribution in [0.25, 0.3) is 0 Å². The molecule has 1 aliphatic carbocycles. The zero-order valence-corrected chi connectivity index (χ0v) is 13.0. The molecule has 1 aliphatic heterocycles. The van der Waals surface area contributed by atoms with E-state index in [4.69, 9.17) is 16.6 Å². The summed E-state index contributed by atoms with van der Waals surface area (Å²) in [6.07, 6.45) is 5.13. The molecule has 1 aromatic carbocycles. The fraction of sp³-hybridized carbons (Fsp3) is 0.462. The van der Waals surface area contributed by atoms with Crippen molar-refractivity contribution < 1.29 is 0 Å². The average molecular weight is 346 g/mol. The van der Waals surface area contributed by atoms with Crippen molar-refractivity contribution in [2.45, 2.75) is 31.2 Å². The van der Waals surface area contributed by atoms with E-state index in [1.807, 2.05) is 30.0 Å². The van der Waals surface area contributed by atoms with Crippen molar-refractivity contribution in [3.05, 3.63) is 27.7 Å². The number of hydrogen-bond donors (Lipinski definition) is 1. The normalized spacial score (nSPS) is 21.3. The lowest BCUT2D eigenvalue weighted by Gasteiger charge is -2.16. The van der Waals surface area contributed by atoms with Crippen LogP contribution >= 0.6 is 39.3 Å². The summed E-state index contributed by atoms with van der Waals surface area (Å²) in [5, 5.41) is 5.17. The highest BCUT2D eigenvalue weighted by atomic mass is 79.9. The fourth-order valence-electron chi connectivity index (χ4n) is 2.54. The molecule has 0 aromatic heterocycles. The largest absolute Gasteiger partial charge is 0.334 e. The summed E-state index contributed by atoms with van der Waals surface area (Å²) >= 11 is 11.3. The highest BCUT2D eigenvalue weighted by Crippen LogP contribution is 2.41. The number of rotatable bonds is 1. The van der Waals surface area contributed by atoms with E-state index in [1.54, 1.807) is 0 Å². The molecule has 1 aromatic rings. The number of nitrogens with zero attached hydrogens (tertiary/aromatic N) is 1. The summed E-state index contributed by atoms with van der Waals surface area (Å²) in [6.45, 7) is 0. The second-order valence-corrected chi connectivity index (χ2v) is 7.14. The maximum atomic E-state index is 5.94. The Morgan fingerprint density at radius 3 is 2.83 bits per heavy atom. The fourth-order valence-corrected chi connectivity index (χ4v) is 4.52. The van der Waals surface area contributed by atoms with E-state index in [2.05, 4.69) is 21.2 Å². The van der Waals surface area contributed by atoms with Crippen molar-refractivity contribution >= 4 is 50.1 Å². The monoisotopic (exact) mass is 344 g/mol. The van der Waals surface area contributed by atoms with Crippen LogP contribution in [0.1, 0.15) is 25.7 Å². The summed E-state index contributed by atoms with van der Waals surface area (Å²) in [7, 11) is 0. The van der Waals surface area contributed by atoms with E-state index in [9.17, 15) is 0 Å². The molecule has 1 spiro atoms. The van der Waals surface area contributed by atoms with Gasteiger partial charge in [-0.3, -0.25) is 4.99 Å². The first-order valence-corrected chi connectivity index (χ1v) is 8.27. The van der Waals surface area contributed by atoms with Gasteiger partial charge in [0.2, 0.25) is 0 Å². The second kappa shape index (κ2) is 5.06. The minimum absolute atomic E-state index is 0.228. The average Bonchev–Trinajstić information content (AvgIpc) is 2.94. The van der Waals surface area contributed by atoms with Crippen LogP contribution in [0, 0.1) is 0 Å². The molecule has 0 saturated heterocycles. The molecule has 1 N–H and O–H groups in total. The maximum absolute atomic E-state index is 5.94. The van der Waals surface area contributed by atoms with Crippen LogP contribution in [0.15, 0.2) is 27.7 Å². The van der Waals surface area contributed by atoms with E-state index >= 15 is 0 Å². The van der Waals surface area contributed by atoms with Gasteiger partial charge in [-0.25, -0.2) is 0 Å². The lowest BCUT2D eigenvalue weighted by molar-refractivity contribution is 0.508. The number of nitrogens with one attached hydrogen (secondary N) is 1. The number of aliphatic imine (C=N–C) groups is 1. The Kier molecular flexibility index (Phi) is 3.61. The standard InChI is InChI=1S/C13H14BrClN2S/c14-10-7-9(15)3-4-11(10)16-12-17-13(8-18-12)5-1-2-6-13/h3-4,7H,1-2,5-6,8H2,(H,16,17). The Balaban J connectivity index is 1.77. The molecule has 2 nitrogen and oxygen atoms in total. The van der Waals surface area contributed by atoms with Gasteiger partial charge in [0.05, 0.1) is 11.2 Å². The third kappa shape index (κ3) is 2.56. The summed E-state index contributed by atoms with van der Waals surface area (Å²) in [6, 6.07) is 5.77. The first-order valence-electron chi connectivity index (χ1n) is 6.12. The summed E-state index contributed by atoms with van der Waals surface area (Å²) in [5.41, 5.74) is 1.26. The van der Waals surface area contributed by atoms with E-state index in [0.29, 0.717) is 0 Å². The van der Waals surface area contributed by atoms with Gasteiger partial charge < -0.3 is 5.32 Å². The third-order valence-corrected chi connectivity index (χ3v) is 5.56. The van der Waals surface area contributed by atoms with Crippen LogP contribution in [0.3, 0.4) is 0 Å². The van der Waals surface area contributed by atoms with Crippen LogP contribution in [-0.2, 0) is 0 Å². The molecule has 18 heavy (non-hydrogen) atoms. The van der Waals surface area contributed by atoms with E-state index in [0.717, 1.165) is 26.1 Å². The second-order valence-electron chi connectivity index (χ2n) is 4.89. The lowest BCUT2D eigenvalue weighted by Crippen LogP contribution is -2.21. The maximum Gasteiger partial charge on any atom is 0.161 e. The van der Waals surface area contributed by atoms with Crippen LogP contribution in [0.4, 0.5) is 5.69 Å². The Morgan fingerprint density at radius 2 is 2.11 bits per heavy atom. The Morgan fingerprint density at radius 1 is 1.33 bits per heavy atom. The van der Waals surface area contributed by atoms with Crippen molar-refractivity contribution in [2.75, 3.05) is 11.1 Å². The van der Waals surface area contributed by atoms with Gasteiger partial charge in [-0.15, -0.1) is 0 Å². The Bertz CT molecular complexity index is 498. The predicted octanol–water partition coefficient (Wildman–Crippen LogP) is 4.93. The molecule has 0 unspecified atom stereocenters. The smallest absolute Gasteiger partial charge is 0.161 e. The zero-order chi connectivity index (χ0) is 12.6. The molecule has 0 radical (unpaired) electrons. The molecule has 96 valence electrons. The van der Waals surface area contributed by atoms with Crippen LogP contribution in [0.2, 0.25) is 5.02 Å². The number of amidine groups is 1. The molecule has 1 heterocycles. The lowest BCUT2D eigenvalue weighted by atomic mass is 10.0. The van der Waals surface area contributed by atoms with Crippen LogP contribution in [0.5, 0.6) is 0 Å². The molecule has 3 rings (SSSR count). The first-order chi connectivity index (χ1) is 8.67. The highest BCUT2D eigenvalue weighted by molar-refractivity contribution is 9.10. The van der Waals surface area contributed by atoms with Crippen molar-refractivity contribution in [1.29, 1.82) is 0 Å². The molecule has 1 saturated carbocycles. The molecule has 1 fully saturated rings. The predicted molar refractivity (Wildman–Crippen MR) is 83.9 cm³/mol. The summed E-state index contributed by atoms with van der Waals surface area (Å²) in [5.74, 6) is 1.13. The van der Waals surface area contributed by atoms with Gasteiger partial charge in [-0.2, -0.15) is 0 Å². The first kappa shape index (κ1) is 12.8. The van der Waals surface area contributed by atoms with Crippen LogP contribution < -0.4 is 5.32 Å². The van der Waals surface area contributed by atoms with E-state index in [-0.39, 0.29) is 5.54 Å². The van der Waals surface area contributed by atoms with Gasteiger partial charge in [-0.05, 0) is 47.0 Å². The van der Waals surface area contributed by atoms with Gasteiger partial charge in [-0.1, -0.05) is 36.2 Å². The number of benzene rings is 1. The number of halogens is 2. The number of anilines is 1. The molecule has 0 bridgehead atoms. The van der Waals surface area contributed by atoms with Crippen molar-refractivity contribution in [3.63, 3.8) is 0 Å². The van der Waals surface area contributed by atoms with Crippen molar-refractivity contribution in [3.8, 4) is 0 Å².